The van der Waals surface area contributed by atoms with E-state index in [-0.39, 0.29) is 11.9 Å². The molecule has 0 spiro atoms. The Kier molecular flexibility index (Phi) is 3.83. The van der Waals surface area contributed by atoms with Gasteiger partial charge in [-0.05, 0) is 38.0 Å². The van der Waals surface area contributed by atoms with Crippen molar-refractivity contribution in [3.05, 3.63) is 11.3 Å². The molecule has 1 aliphatic rings. The average molecular weight is 264 g/mol. The summed E-state index contributed by atoms with van der Waals surface area (Å²) in [5.74, 6) is 2.03. The minimum Gasteiger partial charge on any atom is -0.474 e. The molecule has 1 heterocycles. The zero-order valence-corrected chi connectivity index (χ0v) is 12.2. The second kappa shape index (κ2) is 5.23. The highest BCUT2D eigenvalue weighted by Gasteiger charge is 2.28. The lowest BCUT2D eigenvalue weighted by Crippen LogP contribution is -2.30. The summed E-state index contributed by atoms with van der Waals surface area (Å²) in [4.78, 5) is 0. The number of nitrogen functional groups attached to an aromatic ring is 1. The van der Waals surface area contributed by atoms with Crippen LogP contribution < -0.4 is 10.5 Å². The summed E-state index contributed by atoms with van der Waals surface area (Å²) >= 11 is 0. The van der Waals surface area contributed by atoms with Gasteiger partial charge in [0.05, 0.1) is 5.69 Å². The maximum atomic E-state index is 7.67. The van der Waals surface area contributed by atoms with Gasteiger partial charge in [0.25, 0.3) is 0 Å². The average Bonchev–Trinajstić information content (AvgIpc) is 2.52. The van der Waals surface area contributed by atoms with Crippen molar-refractivity contribution in [1.82, 2.24) is 9.78 Å². The van der Waals surface area contributed by atoms with Crippen LogP contribution in [0.5, 0.6) is 5.88 Å². The van der Waals surface area contributed by atoms with E-state index in [0.29, 0.717) is 23.3 Å². The Morgan fingerprint density at radius 3 is 2.42 bits per heavy atom. The fourth-order valence-corrected chi connectivity index (χ4v) is 3.21. The molecule has 1 aromatic rings. The van der Waals surface area contributed by atoms with Gasteiger partial charge < -0.3 is 10.5 Å². The summed E-state index contributed by atoms with van der Waals surface area (Å²) in [7, 11) is 1.84. The van der Waals surface area contributed by atoms with Crippen LogP contribution >= 0.6 is 0 Å². The molecule has 5 heteroatoms. The SMILES string of the molecule is Cc1nn(C)c(OC2CC(C)CC(C)C2)c1C(=N)N. The number of hydrogen-bond donors (Lipinski definition) is 2. The second-order valence-electron chi connectivity index (χ2n) is 5.96. The van der Waals surface area contributed by atoms with Gasteiger partial charge in [-0.25, -0.2) is 4.68 Å². The van der Waals surface area contributed by atoms with Gasteiger partial charge in [0, 0.05) is 7.05 Å². The molecule has 1 aliphatic carbocycles. The summed E-state index contributed by atoms with van der Waals surface area (Å²) in [5, 5.41) is 12.0. The van der Waals surface area contributed by atoms with Gasteiger partial charge in [0.1, 0.15) is 17.5 Å². The van der Waals surface area contributed by atoms with Crippen LogP contribution in [0, 0.1) is 24.2 Å². The third-order valence-corrected chi connectivity index (χ3v) is 3.85. The number of nitrogens with one attached hydrogen (secondary N) is 1. The number of rotatable bonds is 3. The lowest BCUT2D eigenvalue weighted by atomic mass is 9.82. The molecule has 1 fully saturated rings. The Bertz CT molecular complexity index is 470. The summed E-state index contributed by atoms with van der Waals surface area (Å²) in [5.41, 5.74) is 7.02. The van der Waals surface area contributed by atoms with Crippen molar-refractivity contribution < 1.29 is 4.74 Å². The maximum Gasteiger partial charge on any atom is 0.223 e. The second-order valence-corrected chi connectivity index (χ2v) is 5.96. The van der Waals surface area contributed by atoms with Crippen LogP contribution in [0.2, 0.25) is 0 Å². The first-order chi connectivity index (χ1) is 8.88. The van der Waals surface area contributed by atoms with Gasteiger partial charge in [-0.2, -0.15) is 5.10 Å². The molecule has 2 unspecified atom stereocenters. The van der Waals surface area contributed by atoms with E-state index in [0.717, 1.165) is 18.5 Å². The molecule has 0 saturated heterocycles. The molecule has 5 nitrogen and oxygen atoms in total. The van der Waals surface area contributed by atoms with Crippen LogP contribution in [0.1, 0.15) is 44.4 Å². The van der Waals surface area contributed by atoms with Gasteiger partial charge in [-0.1, -0.05) is 13.8 Å². The number of amidine groups is 1. The molecule has 1 saturated carbocycles. The molecule has 2 atom stereocenters. The van der Waals surface area contributed by atoms with Crippen molar-refractivity contribution >= 4 is 5.84 Å². The number of nitrogens with zero attached hydrogens (tertiary/aromatic N) is 2. The summed E-state index contributed by atoms with van der Waals surface area (Å²) in [6.07, 6.45) is 3.59. The van der Waals surface area contributed by atoms with Crippen LogP contribution in [0.25, 0.3) is 0 Å². The van der Waals surface area contributed by atoms with Crippen LogP contribution in [-0.4, -0.2) is 21.7 Å². The van der Waals surface area contributed by atoms with Crippen molar-refractivity contribution in [3.8, 4) is 5.88 Å². The minimum absolute atomic E-state index is 0.0255. The Hall–Kier alpha value is -1.52. The molecule has 106 valence electrons. The van der Waals surface area contributed by atoms with Crippen LogP contribution in [0.15, 0.2) is 0 Å². The molecule has 0 amide bonds. The fraction of sp³-hybridized carbons (Fsp3) is 0.714. The molecule has 0 bridgehead atoms. The Morgan fingerprint density at radius 2 is 1.89 bits per heavy atom. The first kappa shape index (κ1) is 13.9. The lowest BCUT2D eigenvalue weighted by molar-refractivity contribution is 0.0923. The molecular weight excluding hydrogens is 240 g/mol. The first-order valence-corrected chi connectivity index (χ1v) is 6.93. The highest BCUT2D eigenvalue weighted by Crippen LogP contribution is 2.32. The zero-order chi connectivity index (χ0) is 14.2. The van der Waals surface area contributed by atoms with Crippen molar-refractivity contribution in [1.29, 1.82) is 5.41 Å². The van der Waals surface area contributed by atoms with E-state index in [9.17, 15) is 0 Å². The van der Waals surface area contributed by atoms with E-state index >= 15 is 0 Å². The standard InChI is InChI=1S/C14H24N4O/c1-8-5-9(2)7-11(6-8)19-14-12(13(15)16)10(3)17-18(14)4/h8-9,11H,5-7H2,1-4H3,(H3,15,16). The Labute approximate surface area is 114 Å². The van der Waals surface area contributed by atoms with Crippen molar-refractivity contribution in [2.24, 2.45) is 24.6 Å². The quantitative estimate of drug-likeness (QED) is 0.649. The van der Waals surface area contributed by atoms with Gasteiger partial charge in [0.15, 0.2) is 0 Å². The lowest BCUT2D eigenvalue weighted by Gasteiger charge is -2.31. The normalized spacial score (nSPS) is 27.3. The van der Waals surface area contributed by atoms with Crippen LogP contribution in [0.4, 0.5) is 0 Å². The number of hydrogen-bond acceptors (Lipinski definition) is 3. The van der Waals surface area contributed by atoms with Crippen molar-refractivity contribution in [2.45, 2.75) is 46.1 Å². The molecule has 1 aromatic heterocycles. The highest BCUT2D eigenvalue weighted by molar-refractivity contribution is 5.98. The number of ether oxygens (including phenoxy) is 1. The molecular formula is C14H24N4O. The summed E-state index contributed by atoms with van der Waals surface area (Å²) in [6, 6.07) is 0. The Balaban J connectivity index is 2.21. The van der Waals surface area contributed by atoms with E-state index in [1.54, 1.807) is 4.68 Å². The van der Waals surface area contributed by atoms with Gasteiger partial charge >= 0.3 is 0 Å². The number of aryl methyl sites for hydroxylation is 2. The minimum atomic E-state index is 0.0255. The van der Waals surface area contributed by atoms with Crippen molar-refractivity contribution in [3.63, 3.8) is 0 Å². The molecule has 0 radical (unpaired) electrons. The Morgan fingerprint density at radius 1 is 1.32 bits per heavy atom. The molecule has 19 heavy (non-hydrogen) atoms. The maximum absolute atomic E-state index is 7.67. The molecule has 2 rings (SSSR count). The summed E-state index contributed by atoms with van der Waals surface area (Å²) < 4.78 is 7.81. The highest BCUT2D eigenvalue weighted by atomic mass is 16.5. The van der Waals surface area contributed by atoms with Gasteiger partial charge in [0.2, 0.25) is 5.88 Å². The number of nitrogens with two attached hydrogens (primary N) is 1. The molecule has 0 aromatic carbocycles. The van der Waals surface area contributed by atoms with Crippen molar-refractivity contribution in [2.75, 3.05) is 0 Å². The predicted molar refractivity (Wildman–Crippen MR) is 75.6 cm³/mol. The van der Waals surface area contributed by atoms with E-state index in [2.05, 4.69) is 18.9 Å². The van der Waals surface area contributed by atoms with E-state index < -0.39 is 0 Å². The topological polar surface area (TPSA) is 76.9 Å². The predicted octanol–water partition coefficient (Wildman–Crippen LogP) is 2.22. The first-order valence-electron chi connectivity index (χ1n) is 6.93. The molecule has 3 N–H and O–H groups in total. The summed E-state index contributed by atoms with van der Waals surface area (Å²) in [6.45, 7) is 6.40. The van der Waals surface area contributed by atoms with E-state index in [4.69, 9.17) is 15.9 Å². The fourth-order valence-electron chi connectivity index (χ4n) is 3.21. The van der Waals surface area contributed by atoms with Gasteiger partial charge in [-0.15, -0.1) is 0 Å². The van der Waals surface area contributed by atoms with Gasteiger partial charge in [-0.3, -0.25) is 5.41 Å². The molecule has 0 aliphatic heterocycles. The van der Waals surface area contributed by atoms with E-state index in [1.165, 1.54) is 6.42 Å². The smallest absolute Gasteiger partial charge is 0.223 e. The largest absolute Gasteiger partial charge is 0.474 e. The van der Waals surface area contributed by atoms with Crippen LogP contribution in [-0.2, 0) is 7.05 Å². The van der Waals surface area contributed by atoms with Crippen LogP contribution in [0.3, 0.4) is 0 Å². The third-order valence-electron chi connectivity index (χ3n) is 3.85. The monoisotopic (exact) mass is 264 g/mol. The third kappa shape index (κ3) is 2.91. The zero-order valence-electron chi connectivity index (χ0n) is 12.2. The number of aromatic nitrogens is 2. The van der Waals surface area contributed by atoms with E-state index in [1.807, 2.05) is 14.0 Å².